The maximum absolute atomic E-state index is 11.6. The monoisotopic (exact) mass is 409 g/mol. The molecule has 0 saturated carbocycles. The van der Waals surface area contributed by atoms with Crippen molar-refractivity contribution in [3.05, 3.63) is 24.3 Å². The van der Waals surface area contributed by atoms with Crippen LogP contribution in [-0.4, -0.2) is 79.4 Å². The molecule has 3 saturated heterocycles. The number of sulfonamides is 1. The van der Waals surface area contributed by atoms with E-state index in [4.69, 9.17) is 4.74 Å². The van der Waals surface area contributed by atoms with Crippen LogP contribution in [0.3, 0.4) is 0 Å². The molecule has 3 aliphatic rings. The molecule has 8 nitrogen and oxygen atoms in total. The summed E-state index contributed by atoms with van der Waals surface area (Å²) >= 11 is 0. The van der Waals surface area contributed by atoms with Gasteiger partial charge in [0.15, 0.2) is 0 Å². The number of carboxylic acid groups (broad SMARTS) is 1. The lowest BCUT2D eigenvalue weighted by molar-refractivity contribution is 0.0496. The highest BCUT2D eigenvalue weighted by molar-refractivity contribution is 7.88. The van der Waals surface area contributed by atoms with Crippen LogP contribution in [0.5, 0.6) is 5.75 Å². The maximum atomic E-state index is 11.6. The van der Waals surface area contributed by atoms with Gasteiger partial charge in [-0.2, -0.15) is 4.31 Å². The van der Waals surface area contributed by atoms with Crippen molar-refractivity contribution in [2.45, 2.75) is 43.9 Å². The van der Waals surface area contributed by atoms with Gasteiger partial charge in [0.05, 0.1) is 6.26 Å². The molecule has 3 aliphatic heterocycles. The first-order valence-corrected chi connectivity index (χ1v) is 11.6. The molecule has 0 aliphatic carbocycles. The van der Waals surface area contributed by atoms with E-state index in [0.29, 0.717) is 26.2 Å². The molecule has 0 radical (unpaired) electrons. The third kappa shape index (κ3) is 3.91. The third-order valence-electron chi connectivity index (χ3n) is 6.12. The number of ether oxygens (including phenoxy) is 1. The molecule has 3 atom stereocenters. The second-order valence-electron chi connectivity index (χ2n) is 7.93. The summed E-state index contributed by atoms with van der Waals surface area (Å²) in [7, 11) is -3.12. The van der Waals surface area contributed by atoms with Gasteiger partial charge in [-0.1, -0.05) is 0 Å². The molecule has 0 aromatic heterocycles. The summed E-state index contributed by atoms with van der Waals surface area (Å²) in [4.78, 5) is 15.2. The number of carbonyl (C=O) groups is 1. The van der Waals surface area contributed by atoms with E-state index in [0.717, 1.165) is 37.1 Å². The molecule has 28 heavy (non-hydrogen) atoms. The Morgan fingerprint density at radius 3 is 2.11 bits per heavy atom. The lowest BCUT2D eigenvalue weighted by Crippen LogP contribution is -2.48. The van der Waals surface area contributed by atoms with Gasteiger partial charge in [0.25, 0.3) is 0 Å². The number of piperidine rings is 1. The lowest BCUT2D eigenvalue weighted by Gasteiger charge is -2.37. The first kappa shape index (κ1) is 19.3. The predicted octanol–water partition coefficient (Wildman–Crippen LogP) is 1.82. The minimum absolute atomic E-state index is 0.0530. The van der Waals surface area contributed by atoms with Crippen LogP contribution in [0.4, 0.5) is 10.5 Å². The minimum atomic E-state index is -3.12. The summed E-state index contributed by atoms with van der Waals surface area (Å²) in [6, 6.07) is 8.06. The summed E-state index contributed by atoms with van der Waals surface area (Å²) < 4.78 is 30.9. The number of nitrogens with zero attached hydrogens (tertiary/aromatic N) is 3. The Balaban J connectivity index is 1.33. The van der Waals surface area contributed by atoms with Gasteiger partial charge in [0.1, 0.15) is 11.9 Å². The van der Waals surface area contributed by atoms with E-state index in [1.807, 2.05) is 24.3 Å². The molecule has 1 N–H and O–H groups in total. The van der Waals surface area contributed by atoms with Crippen LogP contribution in [0, 0.1) is 0 Å². The molecule has 0 spiro atoms. The summed E-state index contributed by atoms with van der Waals surface area (Å²) in [5, 5.41) is 9.35. The number of piperazine rings is 1. The zero-order valence-corrected chi connectivity index (χ0v) is 16.8. The van der Waals surface area contributed by atoms with E-state index < -0.39 is 16.1 Å². The van der Waals surface area contributed by atoms with E-state index in [-0.39, 0.29) is 18.2 Å². The number of hydrogen-bond acceptors (Lipinski definition) is 5. The van der Waals surface area contributed by atoms with Crippen molar-refractivity contribution in [1.29, 1.82) is 0 Å². The average Bonchev–Trinajstić information content (AvgIpc) is 2.93. The molecule has 1 aromatic rings. The number of hydrogen-bond donors (Lipinski definition) is 1. The van der Waals surface area contributed by atoms with Gasteiger partial charge < -0.3 is 19.6 Å². The zero-order valence-electron chi connectivity index (χ0n) is 16.0. The van der Waals surface area contributed by atoms with Crippen molar-refractivity contribution in [3.8, 4) is 5.75 Å². The molecule has 154 valence electrons. The smallest absolute Gasteiger partial charge is 0.407 e. The Morgan fingerprint density at radius 2 is 1.61 bits per heavy atom. The highest BCUT2D eigenvalue weighted by Crippen LogP contribution is 2.37. The van der Waals surface area contributed by atoms with Crippen LogP contribution in [0.15, 0.2) is 24.3 Å². The maximum Gasteiger partial charge on any atom is 0.407 e. The number of benzene rings is 1. The molecule has 1 amide bonds. The van der Waals surface area contributed by atoms with Crippen molar-refractivity contribution in [1.82, 2.24) is 9.21 Å². The molecule has 3 fully saturated rings. The summed E-state index contributed by atoms with van der Waals surface area (Å²) in [6.45, 7) is 2.35. The van der Waals surface area contributed by atoms with Crippen molar-refractivity contribution in [2.24, 2.45) is 0 Å². The first-order chi connectivity index (χ1) is 13.3. The van der Waals surface area contributed by atoms with E-state index in [2.05, 4.69) is 4.90 Å². The second-order valence-corrected chi connectivity index (χ2v) is 9.91. The lowest BCUT2D eigenvalue weighted by atomic mass is 10.0. The van der Waals surface area contributed by atoms with Crippen LogP contribution in [0.25, 0.3) is 0 Å². The van der Waals surface area contributed by atoms with Crippen LogP contribution >= 0.6 is 0 Å². The molecule has 0 unspecified atom stereocenters. The van der Waals surface area contributed by atoms with Crippen molar-refractivity contribution < 1.29 is 23.1 Å². The Hall–Kier alpha value is -2.00. The molecule has 1 aromatic carbocycles. The standard InChI is InChI=1S/C19H27N3O5S/c1-28(25,26)21-10-8-20(9-11-21)14-4-6-17(7-5-14)27-18-12-15-2-3-16(13-18)22(15)19(23)24/h4-7,15-16,18H,2-3,8-13H2,1H3,(H,23,24)/t15-,16+,18+. The van der Waals surface area contributed by atoms with E-state index in [1.54, 1.807) is 4.90 Å². The van der Waals surface area contributed by atoms with Gasteiger partial charge >= 0.3 is 6.09 Å². The van der Waals surface area contributed by atoms with Gasteiger partial charge in [-0.15, -0.1) is 0 Å². The molecule has 3 heterocycles. The summed E-state index contributed by atoms with van der Waals surface area (Å²) in [5.41, 5.74) is 1.06. The average molecular weight is 410 g/mol. The normalized spacial score (nSPS) is 28.4. The molecular formula is C19H27N3O5S. The van der Waals surface area contributed by atoms with Gasteiger partial charge in [-0.05, 0) is 37.1 Å². The Labute approximate surface area is 165 Å². The highest BCUT2D eigenvalue weighted by Gasteiger charge is 2.44. The fourth-order valence-corrected chi connectivity index (χ4v) is 5.57. The summed E-state index contributed by atoms with van der Waals surface area (Å²) in [6.07, 6.45) is 3.84. The van der Waals surface area contributed by atoms with Crippen molar-refractivity contribution in [2.75, 3.05) is 37.3 Å². The Kier molecular flexibility index (Phi) is 5.13. The molecule has 4 rings (SSSR count). The molecular weight excluding hydrogens is 382 g/mol. The summed E-state index contributed by atoms with van der Waals surface area (Å²) in [5.74, 6) is 0.798. The van der Waals surface area contributed by atoms with Gasteiger partial charge in [0.2, 0.25) is 10.0 Å². The van der Waals surface area contributed by atoms with Gasteiger partial charge in [-0.3, -0.25) is 0 Å². The van der Waals surface area contributed by atoms with Crippen molar-refractivity contribution in [3.63, 3.8) is 0 Å². The van der Waals surface area contributed by atoms with Crippen LogP contribution in [0.1, 0.15) is 25.7 Å². The van der Waals surface area contributed by atoms with E-state index in [9.17, 15) is 18.3 Å². The zero-order chi connectivity index (χ0) is 19.9. The van der Waals surface area contributed by atoms with Crippen LogP contribution in [0.2, 0.25) is 0 Å². The van der Waals surface area contributed by atoms with Crippen LogP contribution < -0.4 is 9.64 Å². The Morgan fingerprint density at radius 1 is 1.04 bits per heavy atom. The van der Waals surface area contributed by atoms with Crippen LogP contribution in [-0.2, 0) is 10.0 Å². The minimum Gasteiger partial charge on any atom is -0.490 e. The third-order valence-corrected chi connectivity index (χ3v) is 7.43. The second kappa shape index (κ2) is 7.44. The Bertz CT molecular complexity index is 806. The topological polar surface area (TPSA) is 90.4 Å². The SMILES string of the molecule is CS(=O)(=O)N1CCN(c2ccc(O[C@H]3C[C@H]4CC[C@@H](C3)N4C(=O)O)cc2)CC1. The quantitative estimate of drug-likeness (QED) is 0.816. The van der Waals surface area contributed by atoms with Gasteiger partial charge in [0, 0.05) is 56.8 Å². The fraction of sp³-hybridized carbons (Fsp3) is 0.632. The first-order valence-electron chi connectivity index (χ1n) is 9.79. The van der Waals surface area contributed by atoms with Gasteiger partial charge in [-0.25, -0.2) is 13.2 Å². The van der Waals surface area contributed by atoms with E-state index in [1.165, 1.54) is 10.6 Å². The largest absolute Gasteiger partial charge is 0.490 e. The number of rotatable bonds is 4. The number of anilines is 1. The molecule has 9 heteroatoms. The van der Waals surface area contributed by atoms with E-state index >= 15 is 0 Å². The predicted molar refractivity (Wildman–Crippen MR) is 105 cm³/mol. The molecule has 2 bridgehead atoms. The number of amides is 1. The number of fused-ring (bicyclic) bond motifs is 2. The fourth-order valence-electron chi connectivity index (χ4n) is 4.74. The van der Waals surface area contributed by atoms with Crippen molar-refractivity contribution >= 4 is 21.8 Å². The highest BCUT2D eigenvalue weighted by atomic mass is 32.2.